The van der Waals surface area contributed by atoms with Crippen molar-refractivity contribution in [1.82, 2.24) is 9.88 Å². The fraction of sp³-hybridized carbons (Fsp3) is 0.462. The van der Waals surface area contributed by atoms with E-state index in [1.165, 1.54) is 4.88 Å². The lowest BCUT2D eigenvalue weighted by Gasteiger charge is -2.45. The molecule has 7 heteroatoms. The van der Waals surface area contributed by atoms with Crippen molar-refractivity contribution < 1.29 is 9.59 Å². The number of carbonyl (C=O) groups is 2. The maximum atomic E-state index is 13.9. The summed E-state index contributed by atoms with van der Waals surface area (Å²) >= 11 is 8.01. The van der Waals surface area contributed by atoms with Crippen molar-refractivity contribution in [2.24, 2.45) is 5.92 Å². The molecule has 1 N–H and O–H groups in total. The molecule has 1 aliphatic heterocycles. The molecule has 0 bridgehead atoms. The van der Waals surface area contributed by atoms with Gasteiger partial charge in [-0.2, -0.15) is 0 Å². The lowest BCUT2D eigenvalue weighted by atomic mass is 9.86. The second-order valence-corrected chi connectivity index (χ2v) is 11.4. The van der Waals surface area contributed by atoms with E-state index >= 15 is 0 Å². The number of fused-ring (bicyclic) bond motifs is 3. The number of nitrogens with one attached hydrogen (secondary N) is 1. The second kappa shape index (κ2) is 8.48. The molecule has 33 heavy (non-hydrogen) atoms. The standard InChI is InChI=1S/C26H30ClN3O2S/c1-4-20-13-21-23(33-20)14-22-24(31)30(19-7-5-6-17(27)12-19)26(3,15-29(21)22)25(32)28-18-10-8-16(2)9-11-18/h5-7,12-14,16,18H,4,8-11,15H2,1-3H3,(H,28,32)/t16?,18?,26-/m1/s1. The summed E-state index contributed by atoms with van der Waals surface area (Å²) in [5, 5.41) is 3.84. The summed E-state index contributed by atoms with van der Waals surface area (Å²) in [6.07, 6.45) is 5.16. The number of anilines is 1. The fourth-order valence-electron chi connectivity index (χ4n) is 5.27. The van der Waals surface area contributed by atoms with Crippen molar-refractivity contribution in [3.05, 3.63) is 52.0 Å². The van der Waals surface area contributed by atoms with E-state index in [2.05, 4.69) is 25.2 Å². The van der Waals surface area contributed by atoms with Crippen LogP contribution in [-0.4, -0.2) is 28.0 Å². The van der Waals surface area contributed by atoms with Crippen LogP contribution in [0.3, 0.4) is 0 Å². The predicted octanol–water partition coefficient (Wildman–Crippen LogP) is 6.03. The molecular formula is C26H30ClN3O2S. The highest BCUT2D eigenvalue weighted by atomic mass is 35.5. The van der Waals surface area contributed by atoms with Gasteiger partial charge in [0.1, 0.15) is 11.2 Å². The normalized spacial score (nSPS) is 25.3. The lowest BCUT2D eigenvalue weighted by molar-refractivity contribution is -0.127. The molecule has 1 fully saturated rings. The number of halogens is 1. The Morgan fingerprint density at radius 3 is 2.67 bits per heavy atom. The van der Waals surface area contributed by atoms with E-state index in [1.54, 1.807) is 28.4 Å². The quantitative estimate of drug-likeness (QED) is 0.492. The Kier molecular flexibility index (Phi) is 5.78. The molecule has 174 valence electrons. The van der Waals surface area contributed by atoms with Crippen LogP contribution in [-0.2, 0) is 17.8 Å². The Morgan fingerprint density at radius 2 is 1.97 bits per heavy atom. The van der Waals surface area contributed by atoms with E-state index in [9.17, 15) is 9.59 Å². The van der Waals surface area contributed by atoms with Crippen molar-refractivity contribution >= 4 is 50.7 Å². The van der Waals surface area contributed by atoms with Crippen LogP contribution in [0.4, 0.5) is 5.69 Å². The van der Waals surface area contributed by atoms with Gasteiger partial charge in [-0.05, 0) is 75.3 Å². The van der Waals surface area contributed by atoms with Gasteiger partial charge in [-0.1, -0.05) is 31.5 Å². The average molecular weight is 484 g/mol. The van der Waals surface area contributed by atoms with Crippen molar-refractivity contribution in [2.75, 3.05) is 4.90 Å². The number of thiophene rings is 1. The van der Waals surface area contributed by atoms with Crippen molar-refractivity contribution in [3.63, 3.8) is 0 Å². The Labute approximate surface area is 203 Å². The number of carbonyl (C=O) groups excluding carboxylic acids is 2. The number of hydrogen-bond donors (Lipinski definition) is 1. The van der Waals surface area contributed by atoms with Crippen molar-refractivity contribution in [1.29, 1.82) is 0 Å². The summed E-state index contributed by atoms with van der Waals surface area (Å²) in [5.41, 5.74) is 1.23. The molecule has 2 amide bonds. The molecule has 1 saturated carbocycles. The Bertz CT molecular complexity index is 1220. The maximum Gasteiger partial charge on any atom is 0.275 e. The van der Waals surface area contributed by atoms with Crippen LogP contribution >= 0.6 is 22.9 Å². The van der Waals surface area contributed by atoms with Gasteiger partial charge in [0.2, 0.25) is 5.91 Å². The zero-order valence-corrected chi connectivity index (χ0v) is 20.9. The van der Waals surface area contributed by atoms with Gasteiger partial charge >= 0.3 is 0 Å². The number of aryl methyl sites for hydroxylation is 1. The smallest absolute Gasteiger partial charge is 0.275 e. The van der Waals surface area contributed by atoms with E-state index in [1.807, 2.05) is 29.7 Å². The van der Waals surface area contributed by atoms with Gasteiger partial charge in [0.25, 0.3) is 5.91 Å². The van der Waals surface area contributed by atoms with Crippen LogP contribution in [0.2, 0.25) is 5.02 Å². The van der Waals surface area contributed by atoms with E-state index < -0.39 is 5.54 Å². The SMILES string of the molecule is CCc1cc2c(cc3n2C[C@](C)(C(=O)NC2CCC(C)CC2)N(c2cccc(Cl)c2)C3=O)s1. The van der Waals surface area contributed by atoms with Gasteiger partial charge in [0.15, 0.2) is 0 Å². The van der Waals surface area contributed by atoms with Gasteiger partial charge in [0, 0.05) is 21.6 Å². The molecule has 0 unspecified atom stereocenters. The van der Waals surface area contributed by atoms with Gasteiger partial charge in [-0.25, -0.2) is 0 Å². The van der Waals surface area contributed by atoms with Gasteiger partial charge < -0.3 is 9.88 Å². The first kappa shape index (κ1) is 22.5. The second-order valence-electron chi connectivity index (χ2n) is 9.76. The summed E-state index contributed by atoms with van der Waals surface area (Å²) in [4.78, 5) is 30.7. The minimum absolute atomic E-state index is 0.103. The van der Waals surface area contributed by atoms with Gasteiger partial charge in [-0.15, -0.1) is 11.3 Å². The third-order valence-electron chi connectivity index (χ3n) is 7.28. The predicted molar refractivity (Wildman–Crippen MR) is 135 cm³/mol. The van der Waals surface area contributed by atoms with E-state index in [0.29, 0.717) is 28.9 Å². The molecular weight excluding hydrogens is 454 g/mol. The number of benzene rings is 1. The van der Waals surface area contributed by atoms with Crippen LogP contribution in [0, 0.1) is 5.92 Å². The van der Waals surface area contributed by atoms with E-state index in [4.69, 9.17) is 11.6 Å². The highest BCUT2D eigenvalue weighted by molar-refractivity contribution is 7.19. The molecule has 0 radical (unpaired) electrons. The van der Waals surface area contributed by atoms with Gasteiger partial charge in [-0.3, -0.25) is 14.5 Å². The first-order chi connectivity index (χ1) is 15.8. The molecule has 5 rings (SSSR count). The summed E-state index contributed by atoms with van der Waals surface area (Å²) in [7, 11) is 0. The highest BCUT2D eigenvalue weighted by Crippen LogP contribution is 2.39. The maximum absolute atomic E-state index is 13.9. The largest absolute Gasteiger partial charge is 0.351 e. The molecule has 1 aliphatic carbocycles. The molecule has 3 heterocycles. The van der Waals surface area contributed by atoms with Crippen molar-refractivity contribution in [2.45, 2.75) is 71.0 Å². The zero-order valence-electron chi connectivity index (χ0n) is 19.4. The molecule has 2 aromatic heterocycles. The summed E-state index contributed by atoms with van der Waals surface area (Å²) in [5.74, 6) is 0.434. The van der Waals surface area contributed by atoms with Crippen LogP contribution in [0.15, 0.2) is 36.4 Å². The van der Waals surface area contributed by atoms with Crippen LogP contribution in [0.25, 0.3) is 10.2 Å². The van der Waals surface area contributed by atoms with Crippen molar-refractivity contribution in [3.8, 4) is 0 Å². The van der Waals surface area contributed by atoms with E-state index in [0.717, 1.165) is 42.3 Å². The first-order valence-corrected chi connectivity index (χ1v) is 13.0. The van der Waals surface area contributed by atoms with Gasteiger partial charge in [0.05, 0.1) is 16.8 Å². The number of rotatable bonds is 4. The van der Waals surface area contributed by atoms with Crippen LogP contribution in [0.5, 0.6) is 0 Å². The summed E-state index contributed by atoms with van der Waals surface area (Å²) in [6, 6.07) is 11.5. The molecule has 3 aromatic rings. The lowest BCUT2D eigenvalue weighted by Crippen LogP contribution is -2.65. The molecule has 0 saturated heterocycles. The minimum atomic E-state index is -1.07. The third-order valence-corrected chi connectivity index (χ3v) is 8.73. The first-order valence-electron chi connectivity index (χ1n) is 11.8. The fourth-order valence-corrected chi connectivity index (χ4v) is 6.49. The Hall–Kier alpha value is -2.31. The minimum Gasteiger partial charge on any atom is -0.351 e. The average Bonchev–Trinajstić information content (AvgIpc) is 3.34. The highest BCUT2D eigenvalue weighted by Gasteiger charge is 2.49. The number of aromatic nitrogens is 1. The zero-order chi connectivity index (χ0) is 23.3. The molecule has 1 aromatic carbocycles. The molecule has 5 nitrogen and oxygen atoms in total. The number of amides is 2. The Morgan fingerprint density at radius 1 is 1.21 bits per heavy atom. The summed E-state index contributed by atoms with van der Waals surface area (Å²) in [6.45, 7) is 6.69. The molecule has 2 aliphatic rings. The van der Waals surface area contributed by atoms with E-state index in [-0.39, 0.29) is 17.9 Å². The summed E-state index contributed by atoms with van der Waals surface area (Å²) < 4.78 is 3.13. The van der Waals surface area contributed by atoms with Crippen LogP contribution < -0.4 is 10.2 Å². The monoisotopic (exact) mass is 483 g/mol. The van der Waals surface area contributed by atoms with Crippen LogP contribution in [0.1, 0.15) is 61.8 Å². The molecule has 0 spiro atoms. The topological polar surface area (TPSA) is 54.3 Å². The molecule has 1 atom stereocenters. The third kappa shape index (κ3) is 3.87. The number of hydrogen-bond acceptors (Lipinski definition) is 3. The Balaban J connectivity index is 1.58. The number of nitrogens with zero attached hydrogens (tertiary/aromatic N) is 2.